The maximum absolute atomic E-state index is 13.6. The predicted molar refractivity (Wildman–Crippen MR) is 80.8 cm³/mol. The third kappa shape index (κ3) is 3.50. The quantitative estimate of drug-likeness (QED) is 0.861. The zero-order valence-corrected chi connectivity index (χ0v) is 12.1. The lowest BCUT2D eigenvalue weighted by Crippen LogP contribution is -2.00. The van der Waals surface area contributed by atoms with Gasteiger partial charge in [-0.15, -0.1) is 0 Å². The molecule has 0 fully saturated rings. The molecule has 0 heterocycles. The molecule has 2 rings (SSSR count). The van der Waals surface area contributed by atoms with Crippen molar-refractivity contribution in [1.82, 2.24) is 0 Å². The van der Waals surface area contributed by atoms with Gasteiger partial charge in [0, 0.05) is 18.3 Å². The second kappa shape index (κ2) is 6.42. The van der Waals surface area contributed by atoms with Crippen molar-refractivity contribution in [1.29, 1.82) is 0 Å². The number of anilines is 1. The standard InChI is InChI=1S/C17H20FNO/c1-12(2)14-6-4-13(5-7-14)11-19-15-8-9-17(20-3)16(18)10-15/h4-10,12,19H,11H2,1-3H3. The third-order valence-corrected chi connectivity index (χ3v) is 3.29. The van der Waals surface area contributed by atoms with Gasteiger partial charge in [0.15, 0.2) is 11.6 Å². The molecule has 0 saturated carbocycles. The number of nitrogens with one attached hydrogen (secondary N) is 1. The Hall–Kier alpha value is -2.03. The molecule has 3 heteroatoms. The summed E-state index contributed by atoms with van der Waals surface area (Å²) in [5.41, 5.74) is 3.24. The highest BCUT2D eigenvalue weighted by Crippen LogP contribution is 2.21. The molecule has 106 valence electrons. The number of hydrogen-bond acceptors (Lipinski definition) is 2. The van der Waals surface area contributed by atoms with E-state index in [4.69, 9.17) is 4.74 Å². The molecule has 0 bridgehead atoms. The molecular formula is C17H20FNO. The summed E-state index contributed by atoms with van der Waals surface area (Å²) in [4.78, 5) is 0. The molecule has 0 aromatic heterocycles. The zero-order valence-electron chi connectivity index (χ0n) is 12.1. The molecule has 0 aliphatic rings. The minimum atomic E-state index is -0.354. The average Bonchev–Trinajstić information content (AvgIpc) is 2.45. The first kappa shape index (κ1) is 14.4. The van der Waals surface area contributed by atoms with Crippen LogP contribution >= 0.6 is 0 Å². The largest absolute Gasteiger partial charge is 0.494 e. The fraction of sp³-hybridized carbons (Fsp3) is 0.294. The van der Waals surface area contributed by atoms with Crippen LogP contribution in [0, 0.1) is 5.82 Å². The molecule has 2 aromatic carbocycles. The van der Waals surface area contributed by atoms with Crippen molar-refractivity contribution < 1.29 is 9.13 Å². The van der Waals surface area contributed by atoms with Crippen LogP contribution in [0.5, 0.6) is 5.75 Å². The molecule has 20 heavy (non-hydrogen) atoms. The summed E-state index contributed by atoms with van der Waals surface area (Å²) < 4.78 is 18.4. The van der Waals surface area contributed by atoms with Crippen LogP contribution in [0.3, 0.4) is 0 Å². The van der Waals surface area contributed by atoms with Crippen LogP contribution in [-0.4, -0.2) is 7.11 Å². The van der Waals surface area contributed by atoms with Crippen LogP contribution in [0.4, 0.5) is 10.1 Å². The molecule has 0 spiro atoms. The second-order valence-corrected chi connectivity index (χ2v) is 5.10. The highest BCUT2D eigenvalue weighted by molar-refractivity contribution is 5.47. The fourth-order valence-corrected chi connectivity index (χ4v) is 2.00. The van der Waals surface area contributed by atoms with E-state index in [1.807, 2.05) is 6.07 Å². The number of rotatable bonds is 5. The molecule has 0 amide bonds. The summed E-state index contributed by atoms with van der Waals surface area (Å²) in [5.74, 6) is 0.442. The molecule has 2 nitrogen and oxygen atoms in total. The number of hydrogen-bond donors (Lipinski definition) is 1. The van der Waals surface area contributed by atoms with Crippen LogP contribution in [0.2, 0.25) is 0 Å². The van der Waals surface area contributed by atoms with E-state index in [1.54, 1.807) is 6.07 Å². The second-order valence-electron chi connectivity index (χ2n) is 5.10. The molecule has 0 atom stereocenters. The van der Waals surface area contributed by atoms with Crippen molar-refractivity contribution in [3.63, 3.8) is 0 Å². The van der Waals surface area contributed by atoms with Crippen molar-refractivity contribution in [3.05, 3.63) is 59.4 Å². The van der Waals surface area contributed by atoms with Crippen LogP contribution in [0.25, 0.3) is 0 Å². The van der Waals surface area contributed by atoms with E-state index in [9.17, 15) is 4.39 Å². The first-order valence-corrected chi connectivity index (χ1v) is 6.76. The zero-order chi connectivity index (χ0) is 14.5. The summed E-state index contributed by atoms with van der Waals surface area (Å²) in [5, 5.41) is 3.21. The van der Waals surface area contributed by atoms with Gasteiger partial charge in [-0.2, -0.15) is 0 Å². The van der Waals surface area contributed by atoms with E-state index in [1.165, 1.54) is 24.3 Å². The number of benzene rings is 2. The molecule has 0 radical (unpaired) electrons. The molecule has 1 N–H and O–H groups in total. The highest BCUT2D eigenvalue weighted by atomic mass is 19.1. The highest BCUT2D eigenvalue weighted by Gasteiger charge is 2.03. The Labute approximate surface area is 119 Å². The lowest BCUT2D eigenvalue weighted by atomic mass is 10.0. The Kier molecular flexibility index (Phi) is 4.61. The minimum Gasteiger partial charge on any atom is -0.494 e. The average molecular weight is 273 g/mol. The fourth-order valence-electron chi connectivity index (χ4n) is 2.00. The van der Waals surface area contributed by atoms with E-state index in [2.05, 4.69) is 43.4 Å². The number of methoxy groups -OCH3 is 1. The van der Waals surface area contributed by atoms with E-state index in [0.717, 1.165) is 5.69 Å². The minimum absolute atomic E-state index is 0.261. The van der Waals surface area contributed by atoms with E-state index in [-0.39, 0.29) is 11.6 Å². The lowest BCUT2D eigenvalue weighted by Gasteiger charge is -2.10. The summed E-state index contributed by atoms with van der Waals surface area (Å²) in [7, 11) is 1.46. The maximum atomic E-state index is 13.6. The van der Waals surface area contributed by atoms with Gasteiger partial charge in [-0.05, 0) is 29.2 Å². The van der Waals surface area contributed by atoms with Crippen LogP contribution in [-0.2, 0) is 6.54 Å². The molecule has 0 aliphatic carbocycles. The Morgan fingerprint density at radius 2 is 1.80 bits per heavy atom. The molecule has 0 aliphatic heterocycles. The molecule has 2 aromatic rings. The number of ether oxygens (including phenoxy) is 1. The van der Waals surface area contributed by atoms with Gasteiger partial charge in [-0.3, -0.25) is 0 Å². The first-order chi connectivity index (χ1) is 9.60. The van der Waals surface area contributed by atoms with Gasteiger partial charge in [0.2, 0.25) is 0 Å². The topological polar surface area (TPSA) is 21.3 Å². The summed E-state index contributed by atoms with van der Waals surface area (Å²) in [6.45, 7) is 5.02. The van der Waals surface area contributed by atoms with Crippen molar-refractivity contribution in [2.24, 2.45) is 0 Å². The van der Waals surface area contributed by atoms with Crippen LogP contribution in [0.15, 0.2) is 42.5 Å². The van der Waals surface area contributed by atoms with Gasteiger partial charge in [0.25, 0.3) is 0 Å². The summed E-state index contributed by atoms with van der Waals surface area (Å²) >= 11 is 0. The number of halogens is 1. The first-order valence-electron chi connectivity index (χ1n) is 6.76. The van der Waals surface area contributed by atoms with Gasteiger partial charge >= 0.3 is 0 Å². The van der Waals surface area contributed by atoms with E-state index < -0.39 is 0 Å². The molecule has 0 unspecified atom stereocenters. The normalized spacial score (nSPS) is 10.7. The Bertz CT molecular complexity index is 564. The van der Waals surface area contributed by atoms with Crippen LogP contribution in [0.1, 0.15) is 30.9 Å². The summed E-state index contributed by atoms with van der Waals surface area (Å²) in [6, 6.07) is 13.3. The van der Waals surface area contributed by atoms with Gasteiger partial charge in [0.1, 0.15) is 0 Å². The van der Waals surface area contributed by atoms with Gasteiger partial charge in [-0.1, -0.05) is 38.1 Å². The Morgan fingerprint density at radius 1 is 1.10 bits per heavy atom. The monoisotopic (exact) mass is 273 g/mol. The SMILES string of the molecule is COc1ccc(NCc2ccc(C(C)C)cc2)cc1F. The van der Waals surface area contributed by atoms with Crippen molar-refractivity contribution in [3.8, 4) is 5.75 Å². The maximum Gasteiger partial charge on any atom is 0.167 e. The van der Waals surface area contributed by atoms with Gasteiger partial charge in [-0.25, -0.2) is 4.39 Å². The van der Waals surface area contributed by atoms with E-state index >= 15 is 0 Å². The van der Waals surface area contributed by atoms with Crippen molar-refractivity contribution >= 4 is 5.69 Å². The third-order valence-electron chi connectivity index (χ3n) is 3.29. The van der Waals surface area contributed by atoms with Crippen LogP contribution < -0.4 is 10.1 Å². The van der Waals surface area contributed by atoms with Crippen molar-refractivity contribution in [2.45, 2.75) is 26.3 Å². The van der Waals surface area contributed by atoms with Gasteiger partial charge < -0.3 is 10.1 Å². The van der Waals surface area contributed by atoms with Crippen molar-refractivity contribution in [2.75, 3.05) is 12.4 Å². The predicted octanol–water partition coefficient (Wildman–Crippen LogP) is 4.57. The Balaban J connectivity index is 1.99. The van der Waals surface area contributed by atoms with Gasteiger partial charge in [0.05, 0.1) is 7.11 Å². The lowest BCUT2D eigenvalue weighted by molar-refractivity contribution is 0.386. The molecular weight excluding hydrogens is 253 g/mol. The van der Waals surface area contributed by atoms with E-state index in [0.29, 0.717) is 12.5 Å². The molecule has 0 saturated heterocycles. The summed E-state index contributed by atoms with van der Waals surface area (Å²) in [6.07, 6.45) is 0. The smallest absolute Gasteiger partial charge is 0.167 e. The Morgan fingerprint density at radius 3 is 2.35 bits per heavy atom.